The maximum absolute atomic E-state index is 12.0. The molecule has 1 unspecified atom stereocenters. The van der Waals surface area contributed by atoms with E-state index in [1.54, 1.807) is 11.3 Å². The number of hydrogen-bond acceptors (Lipinski definition) is 3. The summed E-state index contributed by atoms with van der Waals surface area (Å²) < 4.78 is 0. The van der Waals surface area contributed by atoms with E-state index in [-0.39, 0.29) is 5.91 Å². The fourth-order valence-electron chi connectivity index (χ4n) is 2.40. The maximum Gasteiger partial charge on any atom is 0.222 e. The molecule has 4 heteroatoms. The molecule has 1 saturated heterocycles. The molecule has 2 rings (SSSR count). The van der Waals surface area contributed by atoms with Gasteiger partial charge in [0.05, 0.1) is 0 Å². The van der Waals surface area contributed by atoms with Gasteiger partial charge in [-0.1, -0.05) is 6.07 Å². The third-order valence-corrected chi connectivity index (χ3v) is 4.41. The minimum Gasteiger partial charge on any atom is -0.344 e. The summed E-state index contributed by atoms with van der Waals surface area (Å²) in [6.07, 6.45) is 5.10. The van der Waals surface area contributed by atoms with Crippen LogP contribution in [0.15, 0.2) is 17.5 Å². The van der Waals surface area contributed by atoms with Crippen LogP contribution >= 0.6 is 11.3 Å². The van der Waals surface area contributed by atoms with Gasteiger partial charge < -0.3 is 10.2 Å². The first-order chi connectivity index (χ1) is 8.75. The molecule has 0 spiro atoms. The van der Waals surface area contributed by atoms with Crippen LogP contribution in [0.1, 0.15) is 30.6 Å². The molecule has 1 N–H and O–H groups in total. The van der Waals surface area contributed by atoms with Crippen LogP contribution in [0, 0.1) is 0 Å². The van der Waals surface area contributed by atoms with Gasteiger partial charge in [0.2, 0.25) is 5.91 Å². The van der Waals surface area contributed by atoms with E-state index in [4.69, 9.17) is 0 Å². The van der Waals surface area contributed by atoms with E-state index in [1.165, 1.54) is 17.7 Å². The Morgan fingerprint density at radius 1 is 1.61 bits per heavy atom. The number of thiophene rings is 1. The van der Waals surface area contributed by atoms with E-state index in [9.17, 15) is 4.79 Å². The van der Waals surface area contributed by atoms with Crippen LogP contribution in [-0.4, -0.2) is 37.0 Å². The van der Waals surface area contributed by atoms with Crippen molar-refractivity contribution in [2.45, 2.75) is 38.1 Å². The lowest BCUT2D eigenvalue weighted by Gasteiger charge is -2.21. The van der Waals surface area contributed by atoms with Crippen molar-refractivity contribution in [3.05, 3.63) is 22.4 Å². The highest BCUT2D eigenvalue weighted by molar-refractivity contribution is 7.09. The number of aryl methyl sites for hydroxylation is 1. The fraction of sp³-hybridized carbons (Fsp3) is 0.643. The molecule has 1 aromatic rings. The standard InChI is InChI=1S/C14H22N2OS/c1-16(11-12-5-3-9-15-12)14(17)8-2-6-13-7-4-10-18-13/h4,7,10,12,15H,2-3,5-6,8-9,11H2,1H3. The van der Waals surface area contributed by atoms with Gasteiger partial charge in [0.15, 0.2) is 0 Å². The monoisotopic (exact) mass is 266 g/mol. The third-order valence-electron chi connectivity index (χ3n) is 3.48. The summed E-state index contributed by atoms with van der Waals surface area (Å²) in [7, 11) is 1.92. The Morgan fingerprint density at radius 3 is 3.17 bits per heavy atom. The summed E-state index contributed by atoms with van der Waals surface area (Å²) in [4.78, 5) is 15.2. The lowest BCUT2D eigenvalue weighted by molar-refractivity contribution is -0.130. The predicted octanol–water partition coefficient (Wildman–Crippen LogP) is 2.28. The van der Waals surface area contributed by atoms with E-state index in [2.05, 4.69) is 22.8 Å². The number of amides is 1. The molecule has 0 saturated carbocycles. The van der Waals surface area contributed by atoms with Gasteiger partial charge in [0.25, 0.3) is 0 Å². The van der Waals surface area contributed by atoms with Crippen LogP contribution < -0.4 is 5.32 Å². The van der Waals surface area contributed by atoms with Gasteiger partial charge >= 0.3 is 0 Å². The summed E-state index contributed by atoms with van der Waals surface area (Å²) >= 11 is 1.77. The minimum absolute atomic E-state index is 0.278. The lowest BCUT2D eigenvalue weighted by atomic mass is 10.2. The van der Waals surface area contributed by atoms with Crippen LogP contribution in [-0.2, 0) is 11.2 Å². The number of nitrogens with one attached hydrogen (secondary N) is 1. The molecule has 0 bridgehead atoms. The first-order valence-electron chi connectivity index (χ1n) is 6.75. The largest absolute Gasteiger partial charge is 0.344 e. The summed E-state index contributed by atoms with van der Waals surface area (Å²) in [6.45, 7) is 1.96. The molecule has 0 aromatic carbocycles. The SMILES string of the molecule is CN(CC1CCCN1)C(=O)CCCc1cccs1. The molecule has 1 amide bonds. The summed E-state index contributed by atoms with van der Waals surface area (Å²) in [6, 6.07) is 4.72. The van der Waals surface area contributed by atoms with Crippen molar-refractivity contribution in [2.24, 2.45) is 0 Å². The zero-order valence-electron chi connectivity index (χ0n) is 11.0. The number of nitrogens with zero attached hydrogens (tertiary/aromatic N) is 1. The van der Waals surface area contributed by atoms with Gasteiger partial charge in [-0.05, 0) is 43.7 Å². The molecule has 1 atom stereocenters. The molecule has 1 aliphatic rings. The first kappa shape index (κ1) is 13.6. The first-order valence-corrected chi connectivity index (χ1v) is 7.63. The van der Waals surface area contributed by atoms with Crippen molar-refractivity contribution in [2.75, 3.05) is 20.1 Å². The van der Waals surface area contributed by atoms with Gasteiger partial charge in [-0.15, -0.1) is 11.3 Å². The Hall–Kier alpha value is -0.870. The van der Waals surface area contributed by atoms with E-state index in [0.717, 1.165) is 25.9 Å². The molecule has 3 nitrogen and oxygen atoms in total. The number of carbonyl (C=O) groups excluding carboxylic acids is 1. The van der Waals surface area contributed by atoms with Crippen molar-refractivity contribution >= 4 is 17.2 Å². The van der Waals surface area contributed by atoms with Crippen molar-refractivity contribution in [1.29, 1.82) is 0 Å². The third kappa shape index (κ3) is 4.10. The normalized spacial score (nSPS) is 19.1. The molecular formula is C14H22N2OS. The van der Waals surface area contributed by atoms with Crippen LogP contribution in [0.5, 0.6) is 0 Å². The molecule has 2 heterocycles. The van der Waals surface area contributed by atoms with Crippen LogP contribution in [0.25, 0.3) is 0 Å². The van der Waals surface area contributed by atoms with E-state index in [1.807, 2.05) is 11.9 Å². The number of hydrogen-bond donors (Lipinski definition) is 1. The summed E-state index contributed by atoms with van der Waals surface area (Å²) in [5, 5.41) is 5.52. The average Bonchev–Trinajstić information content (AvgIpc) is 3.01. The summed E-state index contributed by atoms with van der Waals surface area (Å²) in [5.41, 5.74) is 0. The zero-order valence-corrected chi connectivity index (χ0v) is 11.8. The Balaban J connectivity index is 1.64. The van der Waals surface area contributed by atoms with Crippen molar-refractivity contribution in [1.82, 2.24) is 10.2 Å². The van der Waals surface area contributed by atoms with Gasteiger partial charge in [0, 0.05) is 30.9 Å². The smallest absolute Gasteiger partial charge is 0.222 e. The highest BCUT2D eigenvalue weighted by Crippen LogP contribution is 2.13. The van der Waals surface area contributed by atoms with E-state index in [0.29, 0.717) is 12.5 Å². The molecule has 100 valence electrons. The Bertz CT molecular complexity index is 358. The highest BCUT2D eigenvalue weighted by atomic mass is 32.1. The highest BCUT2D eigenvalue weighted by Gasteiger charge is 2.18. The Labute approximate surface area is 113 Å². The van der Waals surface area contributed by atoms with Gasteiger partial charge in [0.1, 0.15) is 0 Å². The molecule has 1 aromatic heterocycles. The minimum atomic E-state index is 0.278. The molecular weight excluding hydrogens is 244 g/mol. The lowest BCUT2D eigenvalue weighted by Crippen LogP contribution is -2.38. The van der Waals surface area contributed by atoms with E-state index >= 15 is 0 Å². The molecule has 0 radical (unpaired) electrons. The fourth-order valence-corrected chi connectivity index (χ4v) is 3.16. The number of likely N-dealkylation sites (N-methyl/N-ethyl adjacent to an activating group) is 1. The Kier molecular flexibility index (Phi) is 5.20. The topological polar surface area (TPSA) is 32.3 Å². The van der Waals surface area contributed by atoms with Crippen molar-refractivity contribution < 1.29 is 4.79 Å². The van der Waals surface area contributed by atoms with Gasteiger partial charge in [-0.2, -0.15) is 0 Å². The van der Waals surface area contributed by atoms with Crippen molar-refractivity contribution in [3.8, 4) is 0 Å². The van der Waals surface area contributed by atoms with Crippen molar-refractivity contribution in [3.63, 3.8) is 0 Å². The maximum atomic E-state index is 12.0. The Morgan fingerprint density at radius 2 is 2.50 bits per heavy atom. The molecule has 18 heavy (non-hydrogen) atoms. The predicted molar refractivity (Wildman–Crippen MR) is 75.9 cm³/mol. The second kappa shape index (κ2) is 6.90. The number of rotatable bonds is 6. The second-order valence-corrected chi connectivity index (χ2v) is 6.03. The summed E-state index contributed by atoms with van der Waals surface area (Å²) in [5.74, 6) is 0.278. The van der Waals surface area contributed by atoms with E-state index < -0.39 is 0 Å². The second-order valence-electron chi connectivity index (χ2n) is 5.00. The van der Waals surface area contributed by atoms with Crippen LogP contribution in [0.3, 0.4) is 0 Å². The number of carbonyl (C=O) groups is 1. The van der Waals surface area contributed by atoms with Gasteiger partial charge in [-0.25, -0.2) is 0 Å². The van der Waals surface area contributed by atoms with Crippen LogP contribution in [0.2, 0.25) is 0 Å². The molecule has 0 aliphatic carbocycles. The van der Waals surface area contributed by atoms with Gasteiger partial charge in [-0.3, -0.25) is 4.79 Å². The average molecular weight is 266 g/mol. The quantitative estimate of drug-likeness (QED) is 0.857. The van der Waals surface area contributed by atoms with Crippen LogP contribution in [0.4, 0.5) is 0 Å². The zero-order chi connectivity index (χ0) is 12.8. The molecule has 1 aliphatic heterocycles. The molecule has 1 fully saturated rings.